The van der Waals surface area contributed by atoms with Gasteiger partial charge in [-0.25, -0.2) is 0 Å². The molecule has 0 radical (unpaired) electrons. The van der Waals surface area contributed by atoms with E-state index in [9.17, 15) is 14.4 Å². The van der Waals surface area contributed by atoms with Crippen molar-refractivity contribution < 1.29 is 32.7 Å². The predicted octanol–water partition coefficient (Wildman–Crippen LogP) is 2.08. The quantitative estimate of drug-likeness (QED) is 0.424. The summed E-state index contributed by atoms with van der Waals surface area (Å²) < 4.78 is 33.1. The van der Waals surface area contributed by atoms with Crippen LogP contribution in [-0.2, 0) is 34.7 Å². The normalized spacial score (nSPS) is 33.8. The van der Waals surface area contributed by atoms with Crippen LogP contribution in [0, 0.1) is 5.92 Å². The molecule has 11 heteroatoms. The number of rotatable bonds is 10. The fourth-order valence-corrected chi connectivity index (χ4v) is 5.87. The molecule has 7 nitrogen and oxygen atoms in total. The van der Waals surface area contributed by atoms with Gasteiger partial charge in [0.2, 0.25) is 0 Å². The molecule has 2 N–H and O–H groups in total. The van der Waals surface area contributed by atoms with Crippen LogP contribution >= 0.6 is 14.3 Å². The summed E-state index contributed by atoms with van der Waals surface area (Å²) in [4.78, 5) is 20.0. The molecule has 1 rings (SSSR count). The highest BCUT2D eigenvalue weighted by Crippen LogP contribution is 2.53. The van der Waals surface area contributed by atoms with E-state index in [1.165, 1.54) is 7.11 Å². The first kappa shape index (κ1) is 22.7. The van der Waals surface area contributed by atoms with E-state index in [-0.39, 0.29) is 30.1 Å². The van der Waals surface area contributed by atoms with Gasteiger partial charge in [0, 0.05) is 14.2 Å². The molecule has 0 aromatic carbocycles. The third-order valence-electron chi connectivity index (χ3n) is 4.51. The lowest BCUT2D eigenvalue weighted by molar-refractivity contribution is -0.00716. The van der Waals surface area contributed by atoms with E-state index in [1.54, 1.807) is 7.11 Å². The standard InChI is InChI=1S/C13H29BO7P2S/c1-5-9(2)20-23(17,24)21-12-10(6-7-22(15,16)19-4)8-11(14)13(12)18-3/h9-13H,5-8,14H2,1-4H3,(H,15,16)(H,17,24)/t9?,10-,11+,12+,13-,23?/m0/s1. The Morgan fingerprint density at radius 3 is 2.46 bits per heavy atom. The van der Waals surface area contributed by atoms with Gasteiger partial charge in [0.15, 0.2) is 0 Å². The van der Waals surface area contributed by atoms with E-state index in [2.05, 4.69) is 4.52 Å². The lowest BCUT2D eigenvalue weighted by Crippen LogP contribution is -2.32. The van der Waals surface area contributed by atoms with E-state index in [4.69, 9.17) is 25.6 Å². The third kappa shape index (κ3) is 6.78. The average Bonchev–Trinajstić information content (AvgIpc) is 2.79. The summed E-state index contributed by atoms with van der Waals surface area (Å²) in [5.41, 5.74) is 0. The lowest BCUT2D eigenvalue weighted by atomic mass is 9.83. The van der Waals surface area contributed by atoms with Crippen molar-refractivity contribution in [3.63, 3.8) is 0 Å². The molecule has 1 aliphatic carbocycles. The number of ether oxygens (including phenoxy) is 1. The molecule has 7 atom stereocenters. The molecule has 1 aliphatic rings. The summed E-state index contributed by atoms with van der Waals surface area (Å²) >= 11 is 5.13. The second-order valence-electron chi connectivity index (χ2n) is 6.37. The van der Waals surface area contributed by atoms with Crippen molar-refractivity contribution in [1.82, 2.24) is 0 Å². The fourth-order valence-electron chi connectivity index (χ4n) is 3.03. The summed E-state index contributed by atoms with van der Waals surface area (Å²) in [5, 5.41) is 0. The molecular formula is C13H29BO7P2S. The van der Waals surface area contributed by atoms with Crippen molar-refractivity contribution >= 4 is 34.0 Å². The topological polar surface area (TPSA) is 94.5 Å². The molecule has 1 fully saturated rings. The number of hydrogen-bond donors (Lipinski definition) is 2. The van der Waals surface area contributed by atoms with Gasteiger partial charge in [0.25, 0.3) is 0 Å². The van der Waals surface area contributed by atoms with Gasteiger partial charge in [-0.05, 0) is 49.7 Å². The summed E-state index contributed by atoms with van der Waals surface area (Å²) in [7, 11) is 1.24. The molecule has 1 saturated carbocycles. The van der Waals surface area contributed by atoms with Crippen molar-refractivity contribution in [2.45, 2.75) is 57.2 Å². The van der Waals surface area contributed by atoms with Gasteiger partial charge in [-0.3, -0.25) is 4.57 Å². The van der Waals surface area contributed by atoms with Crippen LogP contribution in [0.1, 0.15) is 33.1 Å². The molecule has 142 valence electrons. The minimum absolute atomic E-state index is 0.0255. The van der Waals surface area contributed by atoms with Crippen LogP contribution in [0.25, 0.3) is 0 Å². The van der Waals surface area contributed by atoms with Crippen molar-refractivity contribution in [3.05, 3.63) is 0 Å². The SMILES string of the molecule is B[C@@H]1C[C@H](CCP(=O)(O)OC)[C@@H](OP(O)(=S)OC(C)CC)[C@H]1OC. The van der Waals surface area contributed by atoms with Crippen LogP contribution in [0.2, 0.25) is 5.82 Å². The Balaban J connectivity index is 2.83. The molecular weight excluding hydrogens is 373 g/mol. The minimum Gasteiger partial charge on any atom is -0.379 e. The maximum Gasteiger partial charge on any atom is 0.327 e. The van der Waals surface area contributed by atoms with Crippen LogP contribution in [-0.4, -0.2) is 56.3 Å². The van der Waals surface area contributed by atoms with E-state index < -0.39 is 20.4 Å². The summed E-state index contributed by atoms with van der Waals surface area (Å²) in [6, 6.07) is 0. The minimum atomic E-state index is -3.59. The zero-order valence-electron chi connectivity index (χ0n) is 15.0. The van der Waals surface area contributed by atoms with Crippen LogP contribution in [0.4, 0.5) is 0 Å². The molecule has 0 aromatic heterocycles. The average molecular weight is 402 g/mol. The zero-order chi connectivity index (χ0) is 18.5. The number of hydrogen-bond acceptors (Lipinski definition) is 6. The van der Waals surface area contributed by atoms with Gasteiger partial charge in [0.1, 0.15) is 7.85 Å². The summed E-state index contributed by atoms with van der Waals surface area (Å²) in [6.07, 6.45) is 0.998. The Bertz CT molecular complexity index is 495. The highest BCUT2D eigenvalue weighted by Gasteiger charge is 2.45. The van der Waals surface area contributed by atoms with Crippen LogP contribution in [0.3, 0.4) is 0 Å². The van der Waals surface area contributed by atoms with Crippen molar-refractivity contribution in [3.8, 4) is 0 Å². The molecule has 0 saturated heterocycles. The largest absolute Gasteiger partial charge is 0.379 e. The predicted molar refractivity (Wildman–Crippen MR) is 99.7 cm³/mol. The van der Waals surface area contributed by atoms with E-state index in [0.29, 0.717) is 12.8 Å². The molecule has 0 heterocycles. The van der Waals surface area contributed by atoms with Crippen LogP contribution in [0.15, 0.2) is 0 Å². The van der Waals surface area contributed by atoms with Gasteiger partial charge >= 0.3 is 14.3 Å². The molecule has 0 bridgehead atoms. The summed E-state index contributed by atoms with van der Waals surface area (Å²) in [6.45, 7) is 0.346. The summed E-state index contributed by atoms with van der Waals surface area (Å²) in [5.74, 6) is 0.125. The van der Waals surface area contributed by atoms with Gasteiger partial charge in [0.05, 0.1) is 24.5 Å². The van der Waals surface area contributed by atoms with Crippen molar-refractivity contribution in [2.75, 3.05) is 20.4 Å². The van der Waals surface area contributed by atoms with Crippen molar-refractivity contribution in [1.29, 1.82) is 0 Å². The van der Waals surface area contributed by atoms with Gasteiger partial charge in [-0.2, -0.15) is 0 Å². The van der Waals surface area contributed by atoms with Crippen LogP contribution in [0.5, 0.6) is 0 Å². The van der Waals surface area contributed by atoms with Gasteiger partial charge < -0.3 is 28.1 Å². The van der Waals surface area contributed by atoms with Crippen molar-refractivity contribution in [2.24, 2.45) is 5.92 Å². The molecule has 0 aromatic rings. The molecule has 3 unspecified atom stereocenters. The molecule has 0 amide bonds. The Morgan fingerprint density at radius 1 is 1.33 bits per heavy atom. The molecule has 24 heavy (non-hydrogen) atoms. The maximum atomic E-state index is 11.7. The third-order valence-corrected chi connectivity index (χ3v) is 7.55. The fraction of sp³-hybridized carbons (Fsp3) is 1.00. The maximum absolute atomic E-state index is 11.7. The molecule has 0 spiro atoms. The Morgan fingerprint density at radius 2 is 1.96 bits per heavy atom. The van der Waals surface area contributed by atoms with E-state index >= 15 is 0 Å². The first-order valence-corrected chi connectivity index (χ1v) is 12.5. The molecule has 0 aliphatic heterocycles. The second kappa shape index (κ2) is 9.59. The first-order chi connectivity index (χ1) is 11.0. The zero-order valence-corrected chi connectivity index (χ0v) is 17.6. The van der Waals surface area contributed by atoms with Crippen LogP contribution < -0.4 is 0 Å². The second-order valence-corrected chi connectivity index (χ2v) is 11.2. The monoisotopic (exact) mass is 402 g/mol. The Hall–Kier alpha value is 0.705. The highest BCUT2D eigenvalue weighted by atomic mass is 32.5. The first-order valence-electron chi connectivity index (χ1n) is 8.15. The highest BCUT2D eigenvalue weighted by molar-refractivity contribution is 8.07. The van der Waals surface area contributed by atoms with E-state index in [1.807, 2.05) is 21.7 Å². The lowest BCUT2D eigenvalue weighted by Gasteiger charge is -2.30. The Labute approximate surface area is 150 Å². The smallest absolute Gasteiger partial charge is 0.327 e. The Kier molecular flexibility index (Phi) is 9.08. The van der Waals surface area contributed by atoms with Gasteiger partial charge in [-0.1, -0.05) is 6.92 Å². The van der Waals surface area contributed by atoms with E-state index in [0.717, 1.165) is 6.42 Å². The number of methoxy groups -OCH3 is 1. The van der Waals surface area contributed by atoms with Gasteiger partial charge in [-0.15, -0.1) is 0 Å².